The molecule has 0 bridgehead atoms. The highest BCUT2D eigenvalue weighted by molar-refractivity contribution is 5.87. The SMILES string of the molecule is C=CC(=O)N(CCC)C[C@@H]1COc2ccccc2O1. The molecule has 0 N–H and O–H groups in total. The Hall–Kier alpha value is -1.97. The van der Waals surface area contributed by atoms with Crippen LogP contribution in [0.3, 0.4) is 0 Å². The van der Waals surface area contributed by atoms with Gasteiger partial charge in [-0.25, -0.2) is 0 Å². The molecule has 1 aromatic carbocycles. The smallest absolute Gasteiger partial charge is 0.246 e. The molecule has 0 aromatic heterocycles. The molecule has 2 rings (SSSR count). The average molecular weight is 261 g/mol. The number of carbonyl (C=O) groups excluding carboxylic acids is 1. The summed E-state index contributed by atoms with van der Waals surface area (Å²) in [5, 5.41) is 0. The van der Waals surface area contributed by atoms with Gasteiger partial charge in [0.1, 0.15) is 6.61 Å². The van der Waals surface area contributed by atoms with Gasteiger partial charge >= 0.3 is 0 Å². The van der Waals surface area contributed by atoms with Crippen molar-refractivity contribution in [3.8, 4) is 11.5 Å². The van der Waals surface area contributed by atoms with Gasteiger partial charge in [-0.3, -0.25) is 4.79 Å². The minimum Gasteiger partial charge on any atom is -0.486 e. The van der Waals surface area contributed by atoms with Crippen molar-refractivity contribution < 1.29 is 14.3 Å². The molecule has 1 heterocycles. The summed E-state index contributed by atoms with van der Waals surface area (Å²) in [5.41, 5.74) is 0. The molecule has 0 aliphatic carbocycles. The predicted molar refractivity (Wildman–Crippen MR) is 73.4 cm³/mol. The molecule has 4 heteroatoms. The highest BCUT2D eigenvalue weighted by Gasteiger charge is 2.24. The lowest BCUT2D eigenvalue weighted by Gasteiger charge is -2.30. The van der Waals surface area contributed by atoms with Crippen LogP contribution in [0.1, 0.15) is 13.3 Å². The Bertz CT molecular complexity index is 458. The number of fused-ring (bicyclic) bond motifs is 1. The second-order valence-electron chi connectivity index (χ2n) is 4.49. The van der Waals surface area contributed by atoms with Crippen molar-refractivity contribution in [1.82, 2.24) is 4.90 Å². The second-order valence-corrected chi connectivity index (χ2v) is 4.49. The highest BCUT2D eigenvalue weighted by atomic mass is 16.6. The van der Waals surface area contributed by atoms with Crippen molar-refractivity contribution in [2.24, 2.45) is 0 Å². The van der Waals surface area contributed by atoms with E-state index in [1.54, 1.807) is 4.90 Å². The van der Waals surface area contributed by atoms with Crippen LogP contribution in [0.15, 0.2) is 36.9 Å². The minimum atomic E-state index is -0.134. The van der Waals surface area contributed by atoms with Crippen LogP contribution in [0.25, 0.3) is 0 Å². The number of nitrogens with zero attached hydrogens (tertiary/aromatic N) is 1. The van der Waals surface area contributed by atoms with Crippen molar-refractivity contribution in [1.29, 1.82) is 0 Å². The zero-order valence-corrected chi connectivity index (χ0v) is 11.2. The van der Waals surface area contributed by atoms with Crippen LogP contribution < -0.4 is 9.47 Å². The molecular formula is C15H19NO3. The van der Waals surface area contributed by atoms with Crippen molar-refractivity contribution >= 4 is 5.91 Å². The number of para-hydroxylation sites is 2. The summed E-state index contributed by atoms with van der Waals surface area (Å²) < 4.78 is 11.5. The lowest BCUT2D eigenvalue weighted by Crippen LogP contribution is -2.43. The fraction of sp³-hybridized carbons (Fsp3) is 0.400. The molecule has 0 saturated heterocycles. The normalized spacial score (nSPS) is 16.8. The lowest BCUT2D eigenvalue weighted by molar-refractivity contribution is -0.127. The first-order valence-electron chi connectivity index (χ1n) is 6.54. The van der Waals surface area contributed by atoms with Gasteiger partial charge in [0.2, 0.25) is 5.91 Å². The number of hydrogen-bond donors (Lipinski definition) is 0. The zero-order valence-electron chi connectivity index (χ0n) is 11.2. The predicted octanol–water partition coefficient (Wildman–Crippen LogP) is 2.25. The van der Waals surface area contributed by atoms with Crippen LogP contribution in [-0.4, -0.2) is 36.6 Å². The van der Waals surface area contributed by atoms with Crippen LogP contribution in [0.5, 0.6) is 11.5 Å². The summed E-state index contributed by atoms with van der Waals surface area (Å²) in [6.45, 7) is 7.25. The molecule has 1 aromatic rings. The summed E-state index contributed by atoms with van der Waals surface area (Å²) in [6, 6.07) is 7.57. The van der Waals surface area contributed by atoms with Crippen molar-refractivity contribution in [2.75, 3.05) is 19.7 Å². The monoisotopic (exact) mass is 261 g/mol. The molecular weight excluding hydrogens is 242 g/mol. The molecule has 4 nitrogen and oxygen atoms in total. The van der Waals surface area contributed by atoms with E-state index in [0.29, 0.717) is 19.7 Å². The van der Waals surface area contributed by atoms with Gasteiger partial charge in [-0.05, 0) is 24.6 Å². The molecule has 1 aliphatic heterocycles. The maximum Gasteiger partial charge on any atom is 0.246 e. The molecule has 0 fully saturated rings. The van der Waals surface area contributed by atoms with Crippen molar-refractivity contribution in [3.05, 3.63) is 36.9 Å². The van der Waals surface area contributed by atoms with Gasteiger partial charge in [0.15, 0.2) is 17.6 Å². The van der Waals surface area contributed by atoms with E-state index >= 15 is 0 Å². The first-order chi connectivity index (χ1) is 9.24. The number of rotatable bonds is 5. The van der Waals surface area contributed by atoms with E-state index in [9.17, 15) is 4.79 Å². The molecule has 0 spiro atoms. The fourth-order valence-electron chi connectivity index (χ4n) is 2.09. The molecule has 0 radical (unpaired) electrons. The van der Waals surface area contributed by atoms with Gasteiger partial charge in [-0.15, -0.1) is 0 Å². The Balaban J connectivity index is 2.00. The first-order valence-corrected chi connectivity index (χ1v) is 6.54. The van der Waals surface area contributed by atoms with Gasteiger partial charge < -0.3 is 14.4 Å². The fourth-order valence-corrected chi connectivity index (χ4v) is 2.09. The van der Waals surface area contributed by atoms with E-state index in [1.807, 2.05) is 31.2 Å². The van der Waals surface area contributed by atoms with E-state index in [1.165, 1.54) is 6.08 Å². The number of ether oxygens (including phenoxy) is 2. The number of amides is 1. The molecule has 0 unspecified atom stereocenters. The lowest BCUT2D eigenvalue weighted by atomic mass is 10.2. The third-order valence-corrected chi connectivity index (χ3v) is 2.97. The Kier molecular flexibility index (Phi) is 4.44. The van der Waals surface area contributed by atoms with Crippen LogP contribution in [-0.2, 0) is 4.79 Å². The third-order valence-electron chi connectivity index (χ3n) is 2.97. The van der Waals surface area contributed by atoms with E-state index in [-0.39, 0.29) is 12.0 Å². The van der Waals surface area contributed by atoms with Gasteiger partial charge in [0.05, 0.1) is 6.54 Å². The summed E-state index contributed by atoms with van der Waals surface area (Å²) in [7, 11) is 0. The van der Waals surface area contributed by atoms with Crippen LogP contribution in [0.2, 0.25) is 0 Å². The van der Waals surface area contributed by atoms with Gasteiger partial charge in [-0.2, -0.15) is 0 Å². The van der Waals surface area contributed by atoms with Crippen molar-refractivity contribution in [2.45, 2.75) is 19.4 Å². The maximum absolute atomic E-state index is 11.7. The molecule has 0 saturated carbocycles. The molecule has 102 valence electrons. The Morgan fingerprint density at radius 2 is 2.21 bits per heavy atom. The maximum atomic E-state index is 11.7. The summed E-state index contributed by atoms with van der Waals surface area (Å²) in [5.74, 6) is 1.43. The van der Waals surface area contributed by atoms with Crippen molar-refractivity contribution in [3.63, 3.8) is 0 Å². The zero-order chi connectivity index (χ0) is 13.7. The van der Waals surface area contributed by atoms with Gasteiger partial charge in [0, 0.05) is 6.54 Å². The minimum absolute atomic E-state index is 0.0655. The first kappa shape index (κ1) is 13.5. The van der Waals surface area contributed by atoms with E-state index in [0.717, 1.165) is 17.9 Å². The number of benzene rings is 1. The molecule has 1 atom stereocenters. The highest BCUT2D eigenvalue weighted by Crippen LogP contribution is 2.30. The third kappa shape index (κ3) is 3.28. The van der Waals surface area contributed by atoms with E-state index in [4.69, 9.17) is 9.47 Å². The number of hydrogen-bond acceptors (Lipinski definition) is 3. The second kappa shape index (κ2) is 6.27. The van der Waals surface area contributed by atoms with Crippen LogP contribution in [0.4, 0.5) is 0 Å². The summed E-state index contributed by atoms with van der Waals surface area (Å²) in [6.07, 6.45) is 2.11. The van der Waals surface area contributed by atoms with Gasteiger partial charge in [0.25, 0.3) is 0 Å². The largest absolute Gasteiger partial charge is 0.486 e. The Morgan fingerprint density at radius 1 is 1.47 bits per heavy atom. The van der Waals surface area contributed by atoms with E-state index in [2.05, 4.69) is 6.58 Å². The van der Waals surface area contributed by atoms with Gasteiger partial charge in [-0.1, -0.05) is 25.6 Å². The topological polar surface area (TPSA) is 38.8 Å². The standard InChI is InChI=1S/C15H19NO3/c1-3-9-16(15(17)4-2)10-12-11-18-13-7-5-6-8-14(13)19-12/h4-8,12H,2-3,9-11H2,1H3/t12-/m1/s1. The number of carbonyl (C=O) groups is 1. The Labute approximate surface area is 113 Å². The Morgan fingerprint density at radius 3 is 2.89 bits per heavy atom. The average Bonchev–Trinajstić information content (AvgIpc) is 2.46. The molecule has 1 amide bonds. The quantitative estimate of drug-likeness (QED) is 0.763. The summed E-state index contributed by atoms with van der Waals surface area (Å²) >= 11 is 0. The summed E-state index contributed by atoms with van der Waals surface area (Å²) in [4.78, 5) is 13.5. The van der Waals surface area contributed by atoms with Crippen LogP contribution in [0, 0.1) is 0 Å². The van der Waals surface area contributed by atoms with Crippen LogP contribution >= 0.6 is 0 Å². The molecule has 1 aliphatic rings. The van der Waals surface area contributed by atoms with E-state index < -0.39 is 0 Å². The molecule has 19 heavy (non-hydrogen) atoms.